The van der Waals surface area contributed by atoms with Crippen LogP contribution in [0.5, 0.6) is 0 Å². The van der Waals surface area contributed by atoms with Gasteiger partial charge in [0.15, 0.2) is 0 Å². The van der Waals surface area contributed by atoms with Gasteiger partial charge in [0.2, 0.25) is 0 Å². The third-order valence-corrected chi connectivity index (χ3v) is 3.81. The smallest absolute Gasteiger partial charge is 0.00684 e. The zero-order chi connectivity index (χ0) is 10.2. The Hall–Kier alpha value is -0.0400. The molecule has 0 amide bonds. The van der Waals surface area contributed by atoms with Gasteiger partial charge in [-0.3, -0.25) is 0 Å². The molecule has 2 aliphatic carbocycles. The second-order valence-electron chi connectivity index (χ2n) is 6.18. The van der Waals surface area contributed by atoms with E-state index in [1.807, 2.05) is 0 Å². The third kappa shape index (κ3) is 2.73. The van der Waals surface area contributed by atoms with Gasteiger partial charge in [-0.2, -0.15) is 0 Å². The highest BCUT2D eigenvalue weighted by Crippen LogP contribution is 2.48. The molecule has 1 heteroatoms. The van der Waals surface area contributed by atoms with Crippen LogP contribution in [-0.4, -0.2) is 12.6 Å². The fourth-order valence-electron chi connectivity index (χ4n) is 2.76. The lowest BCUT2D eigenvalue weighted by Crippen LogP contribution is -2.35. The van der Waals surface area contributed by atoms with Gasteiger partial charge in [0.05, 0.1) is 0 Å². The second kappa shape index (κ2) is 3.84. The maximum absolute atomic E-state index is 3.72. The van der Waals surface area contributed by atoms with E-state index in [2.05, 4.69) is 26.1 Å². The standard InChI is InChI=1S/C13H25N/c1-10(2)8-13(3,11-4-5-11)9-14-12-6-7-12/h10-12,14H,4-9H2,1-3H3. The molecule has 14 heavy (non-hydrogen) atoms. The van der Waals surface area contributed by atoms with Gasteiger partial charge >= 0.3 is 0 Å². The van der Waals surface area contributed by atoms with E-state index in [9.17, 15) is 0 Å². The quantitative estimate of drug-likeness (QED) is 0.686. The molecule has 2 rings (SSSR count). The van der Waals surface area contributed by atoms with Crippen LogP contribution >= 0.6 is 0 Å². The van der Waals surface area contributed by atoms with Crippen molar-refractivity contribution < 1.29 is 0 Å². The zero-order valence-electron chi connectivity index (χ0n) is 9.97. The van der Waals surface area contributed by atoms with Crippen molar-refractivity contribution in [1.29, 1.82) is 0 Å². The van der Waals surface area contributed by atoms with Crippen LogP contribution in [0.4, 0.5) is 0 Å². The van der Waals surface area contributed by atoms with E-state index in [4.69, 9.17) is 0 Å². The molecule has 0 radical (unpaired) electrons. The summed E-state index contributed by atoms with van der Waals surface area (Å²) in [6, 6.07) is 0.875. The first-order valence-electron chi connectivity index (χ1n) is 6.33. The van der Waals surface area contributed by atoms with Crippen molar-refractivity contribution in [2.24, 2.45) is 17.3 Å². The molecule has 1 nitrogen and oxygen atoms in total. The minimum Gasteiger partial charge on any atom is -0.313 e. The maximum Gasteiger partial charge on any atom is 0.00684 e. The van der Waals surface area contributed by atoms with Crippen LogP contribution in [0.25, 0.3) is 0 Å². The molecule has 0 heterocycles. The lowest BCUT2D eigenvalue weighted by atomic mass is 9.77. The van der Waals surface area contributed by atoms with Crippen molar-refractivity contribution in [3.63, 3.8) is 0 Å². The summed E-state index contributed by atoms with van der Waals surface area (Å²) in [4.78, 5) is 0. The predicted octanol–water partition coefficient (Wildman–Crippen LogP) is 3.20. The Balaban J connectivity index is 1.83. The Morgan fingerprint density at radius 1 is 1.21 bits per heavy atom. The Labute approximate surface area is 88.7 Å². The van der Waals surface area contributed by atoms with Crippen molar-refractivity contribution in [1.82, 2.24) is 5.32 Å². The first-order valence-corrected chi connectivity index (χ1v) is 6.33. The molecule has 82 valence electrons. The molecule has 2 fully saturated rings. The summed E-state index contributed by atoms with van der Waals surface area (Å²) >= 11 is 0. The average Bonchev–Trinajstić information content (AvgIpc) is 2.93. The minimum atomic E-state index is 0.594. The topological polar surface area (TPSA) is 12.0 Å². The van der Waals surface area contributed by atoms with Crippen LogP contribution in [0.1, 0.15) is 52.9 Å². The largest absolute Gasteiger partial charge is 0.313 e. The van der Waals surface area contributed by atoms with Gasteiger partial charge in [-0.25, -0.2) is 0 Å². The van der Waals surface area contributed by atoms with E-state index in [0.29, 0.717) is 5.41 Å². The molecule has 0 aromatic heterocycles. The fraction of sp³-hybridized carbons (Fsp3) is 1.00. The maximum atomic E-state index is 3.72. The molecule has 0 bridgehead atoms. The number of hydrogen-bond donors (Lipinski definition) is 1. The fourth-order valence-corrected chi connectivity index (χ4v) is 2.76. The first kappa shape index (κ1) is 10.5. The Bertz CT molecular complexity index is 191. The predicted molar refractivity (Wildman–Crippen MR) is 61.3 cm³/mol. The van der Waals surface area contributed by atoms with E-state index in [1.54, 1.807) is 0 Å². The molecule has 1 N–H and O–H groups in total. The lowest BCUT2D eigenvalue weighted by Gasteiger charge is -2.32. The molecular formula is C13H25N. The summed E-state index contributed by atoms with van der Waals surface area (Å²) < 4.78 is 0. The van der Waals surface area contributed by atoms with Gasteiger partial charge in [0, 0.05) is 12.6 Å². The molecule has 0 saturated heterocycles. The van der Waals surface area contributed by atoms with Crippen molar-refractivity contribution in [3.05, 3.63) is 0 Å². The summed E-state index contributed by atoms with van der Waals surface area (Å²) in [5.41, 5.74) is 0.594. The molecule has 0 aliphatic heterocycles. The summed E-state index contributed by atoms with van der Waals surface area (Å²) in [6.07, 6.45) is 7.20. The van der Waals surface area contributed by atoms with E-state index < -0.39 is 0 Å². The molecule has 2 aliphatic rings. The van der Waals surface area contributed by atoms with Crippen LogP contribution in [0.3, 0.4) is 0 Å². The SMILES string of the molecule is CC(C)CC(C)(CNC1CC1)C1CC1. The van der Waals surface area contributed by atoms with Crippen molar-refractivity contribution >= 4 is 0 Å². The molecule has 0 aromatic rings. The van der Waals surface area contributed by atoms with Crippen LogP contribution in [0.2, 0.25) is 0 Å². The van der Waals surface area contributed by atoms with Crippen molar-refractivity contribution in [2.75, 3.05) is 6.54 Å². The first-order chi connectivity index (χ1) is 6.60. The summed E-state index contributed by atoms with van der Waals surface area (Å²) in [5.74, 6) is 1.87. The van der Waals surface area contributed by atoms with Crippen LogP contribution in [0.15, 0.2) is 0 Å². The molecule has 1 unspecified atom stereocenters. The molecule has 1 atom stereocenters. The van der Waals surface area contributed by atoms with E-state index in [0.717, 1.165) is 17.9 Å². The summed E-state index contributed by atoms with van der Waals surface area (Å²) in [5, 5.41) is 3.72. The van der Waals surface area contributed by atoms with Crippen LogP contribution in [-0.2, 0) is 0 Å². The van der Waals surface area contributed by atoms with E-state index >= 15 is 0 Å². The van der Waals surface area contributed by atoms with Gasteiger partial charge in [-0.15, -0.1) is 0 Å². The monoisotopic (exact) mass is 195 g/mol. The Morgan fingerprint density at radius 2 is 1.86 bits per heavy atom. The average molecular weight is 195 g/mol. The normalized spacial score (nSPS) is 26.6. The van der Waals surface area contributed by atoms with Gasteiger partial charge in [0.1, 0.15) is 0 Å². The summed E-state index contributed by atoms with van der Waals surface area (Å²) in [6.45, 7) is 8.48. The van der Waals surface area contributed by atoms with Gasteiger partial charge in [-0.05, 0) is 49.4 Å². The number of rotatable bonds is 6. The number of nitrogens with one attached hydrogen (secondary N) is 1. The lowest BCUT2D eigenvalue weighted by molar-refractivity contribution is 0.205. The molecule has 2 saturated carbocycles. The highest BCUT2D eigenvalue weighted by Gasteiger charge is 2.42. The van der Waals surface area contributed by atoms with E-state index in [-0.39, 0.29) is 0 Å². The minimum absolute atomic E-state index is 0.594. The molecule has 0 aromatic carbocycles. The summed E-state index contributed by atoms with van der Waals surface area (Å²) in [7, 11) is 0. The highest BCUT2D eigenvalue weighted by atomic mass is 15.0. The van der Waals surface area contributed by atoms with Gasteiger partial charge in [-0.1, -0.05) is 20.8 Å². The number of hydrogen-bond acceptors (Lipinski definition) is 1. The Morgan fingerprint density at radius 3 is 2.29 bits per heavy atom. The van der Waals surface area contributed by atoms with Gasteiger partial charge < -0.3 is 5.32 Å². The third-order valence-electron chi connectivity index (χ3n) is 3.81. The van der Waals surface area contributed by atoms with E-state index in [1.165, 1.54) is 38.6 Å². The van der Waals surface area contributed by atoms with Crippen LogP contribution in [0, 0.1) is 17.3 Å². The second-order valence-corrected chi connectivity index (χ2v) is 6.18. The van der Waals surface area contributed by atoms with Crippen molar-refractivity contribution in [3.8, 4) is 0 Å². The highest BCUT2D eigenvalue weighted by molar-refractivity contribution is 4.95. The van der Waals surface area contributed by atoms with Crippen molar-refractivity contribution in [2.45, 2.75) is 58.9 Å². The Kier molecular flexibility index (Phi) is 2.88. The molecule has 0 spiro atoms. The zero-order valence-corrected chi connectivity index (χ0v) is 9.97. The van der Waals surface area contributed by atoms with Gasteiger partial charge in [0.25, 0.3) is 0 Å². The van der Waals surface area contributed by atoms with Crippen LogP contribution < -0.4 is 5.32 Å². The molecular weight excluding hydrogens is 170 g/mol.